The van der Waals surface area contributed by atoms with E-state index >= 15 is 0 Å². The quantitative estimate of drug-likeness (QED) is 0.663. The highest BCUT2D eigenvalue weighted by Crippen LogP contribution is 2.26. The highest BCUT2D eigenvalue weighted by atomic mass is 32.2. The van der Waals surface area contributed by atoms with Gasteiger partial charge in [0.25, 0.3) is 0 Å². The lowest BCUT2D eigenvalue weighted by molar-refractivity contribution is 0.602. The zero-order valence-electron chi connectivity index (χ0n) is 13.8. The maximum atomic E-state index is 11.8. The molecule has 0 amide bonds. The molecule has 0 bridgehead atoms. The summed E-state index contributed by atoms with van der Waals surface area (Å²) in [5.74, 6) is 0.0322. The van der Waals surface area contributed by atoms with Crippen molar-refractivity contribution in [3.05, 3.63) is 83.9 Å². The van der Waals surface area contributed by atoms with Gasteiger partial charge in [0.15, 0.2) is 0 Å². The Bertz CT molecular complexity index is 963. The Hall–Kier alpha value is -2.86. The smallest absolute Gasteiger partial charge is 0.232 e. The molecule has 3 aromatic rings. The maximum Gasteiger partial charge on any atom is 0.232 e. The fourth-order valence-corrected chi connectivity index (χ4v) is 3.07. The standard InChI is InChI=1S/C19H19N3O2S/c1-2-25(23,24)22-17-10-6-9-16(12-17)18(19-13-20-14-21-19)11-15-7-4-3-5-8-15/h3-14,22H,2H2,1H3,(H,20,21)/b18-11+. The number of imidazole rings is 1. The van der Waals surface area contributed by atoms with Crippen molar-refractivity contribution in [2.24, 2.45) is 0 Å². The van der Waals surface area contributed by atoms with Gasteiger partial charge in [-0.25, -0.2) is 13.4 Å². The molecule has 0 aliphatic heterocycles. The molecule has 3 rings (SSSR count). The minimum absolute atomic E-state index is 0.0322. The number of nitrogens with one attached hydrogen (secondary N) is 2. The van der Waals surface area contributed by atoms with Gasteiger partial charge in [-0.05, 0) is 36.3 Å². The molecule has 128 valence electrons. The first kappa shape index (κ1) is 17.0. The van der Waals surface area contributed by atoms with Gasteiger partial charge in [-0.1, -0.05) is 42.5 Å². The first-order valence-electron chi connectivity index (χ1n) is 7.94. The molecular formula is C19H19N3O2S. The SMILES string of the molecule is CCS(=O)(=O)Nc1cccc(/C(=C\c2ccccc2)c2cnc[nH]2)c1. The molecule has 0 radical (unpaired) electrons. The average Bonchev–Trinajstić information content (AvgIpc) is 3.15. The van der Waals surface area contributed by atoms with Crippen LogP contribution in [0.25, 0.3) is 11.6 Å². The van der Waals surface area contributed by atoms with E-state index in [4.69, 9.17) is 0 Å². The Kier molecular flexibility index (Phi) is 5.00. The normalized spacial score (nSPS) is 12.1. The lowest BCUT2D eigenvalue weighted by Crippen LogP contribution is -2.14. The lowest BCUT2D eigenvalue weighted by atomic mass is 10.00. The van der Waals surface area contributed by atoms with Gasteiger partial charge in [0.1, 0.15) is 0 Å². The van der Waals surface area contributed by atoms with E-state index in [2.05, 4.69) is 14.7 Å². The third kappa shape index (κ3) is 4.36. The number of hydrogen-bond acceptors (Lipinski definition) is 3. The van der Waals surface area contributed by atoms with Crippen LogP contribution in [0.1, 0.15) is 23.7 Å². The number of sulfonamides is 1. The fourth-order valence-electron chi connectivity index (χ4n) is 2.44. The molecule has 1 heterocycles. The molecule has 0 fully saturated rings. The molecule has 5 nitrogen and oxygen atoms in total. The zero-order valence-corrected chi connectivity index (χ0v) is 14.6. The van der Waals surface area contributed by atoms with E-state index in [0.717, 1.165) is 22.4 Å². The van der Waals surface area contributed by atoms with Gasteiger partial charge in [0.2, 0.25) is 10.0 Å². The number of nitrogens with zero attached hydrogens (tertiary/aromatic N) is 1. The first-order valence-corrected chi connectivity index (χ1v) is 9.59. The third-order valence-electron chi connectivity index (χ3n) is 3.73. The van der Waals surface area contributed by atoms with Gasteiger partial charge >= 0.3 is 0 Å². The number of H-pyrrole nitrogens is 1. The number of aromatic nitrogens is 2. The molecule has 6 heteroatoms. The largest absolute Gasteiger partial charge is 0.345 e. The van der Waals surface area contributed by atoms with Crippen molar-refractivity contribution in [2.75, 3.05) is 10.5 Å². The molecule has 0 unspecified atom stereocenters. The topological polar surface area (TPSA) is 74.8 Å². The van der Waals surface area contributed by atoms with Gasteiger partial charge < -0.3 is 4.98 Å². The van der Waals surface area contributed by atoms with E-state index in [9.17, 15) is 8.42 Å². The molecule has 0 aliphatic rings. The molecule has 0 spiro atoms. The van der Waals surface area contributed by atoms with Crippen LogP contribution in [0.3, 0.4) is 0 Å². The molecule has 2 aromatic carbocycles. The van der Waals surface area contributed by atoms with Gasteiger partial charge in [-0.15, -0.1) is 0 Å². The summed E-state index contributed by atoms with van der Waals surface area (Å²) in [5.41, 5.74) is 4.27. The van der Waals surface area contributed by atoms with Gasteiger partial charge in [0, 0.05) is 11.3 Å². The van der Waals surface area contributed by atoms with E-state index in [1.165, 1.54) is 0 Å². The number of anilines is 1. The van der Waals surface area contributed by atoms with Crippen LogP contribution in [0.2, 0.25) is 0 Å². The van der Waals surface area contributed by atoms with E-state index < -0.39 is 10.0 Å². The van der Waals surface area contributed by atoms with Crippen LogP contribution < -0.4 is 4.72 Å². The molecule has 2 N–H and O–H groups in total. The molecule has 0 atom stereocenters. The van der Waals surface area contributed by atoms with Crippen molar-refractivity contribution in [3.8, 4) is 0 Å². The third-order valence-corrected chi connectivity index (χ3v) is 5.03. The Morgan fingerprint density at radius 3 is 2.64 bits per heavy atom. The highest BCUT2D eigenvalue weighted by molar-refractivity contribution is 7.92. The Morgan fingerprint density at radius 2 is 1.96 bits per heavy atom. The van der Waals surface area contributed by atoms with Crippen molar-refractivity contribution in [2.45, 2.75) is 6.92 Å². The Labute approximate surface area is 147 Å². The van der Waals surface area contributed by atoms with E-state index in [1.807, 2.05) is 54.6 Å². The van der Waals surface area contributed by atoms with Crippen molar-refractivity contribution in [1.82, 2.24) is 9.97 Å². The second-order valence-corrected chi connectivity index (χ2v) is 7.53. The summed E-state index contributed by atoms with van der Waals surface area (Å²) in [4.78, 5) is 7.21. The Balaban J connectivity index is 2.04. The van der Waals surface area contributed by atoms with Crippen molar-refractivity contribution in [3.63, 3.8) is 0 Å². The summed E-state index contributed by atoms with van der Waals surface area (Å²) in [6.07, 6.45) is 5.41. The van der Waals surface area contributed by atoms with E-state index in [0.29, 0.717) is 5.69 Å². The molecule has 0 saturated carbocycles. The van der Waals surface area contributed by atoms with Crippen LogP contribution in [-0.4, -0.2) is 24.1 Å². The number of hydrogen-bond donors (Lipinski definition) is 2. The van der Waals surface area contributed by atoms with E-state index in [-0.39, 0.29) is 5.75 Å². The number of rotatable bonds is 6. The van der Waals surface area contributed by atoms with Crippen LogP contribution in [0.5, 0.6) is 0 Å². The van der Waals surface area contributed by atoms with Gasteiger partial charge in [-0.2, -0.15) is 0 Å². The number of benzene rings is 2. The average molecular weight is 353 g/mol. The predicted octanol–water partition coefficient (Wildman–Crippen LogP) is 3.76. The van der Waals surface area contributed by atoms with Crippen molar-refractivity contribution >= 4 is 27.4 Å². The summed E-state index contributed by atoms with van der Waals surface area (Å²) in [6, 6.07) is 17.3. The fraction of sp³-hybridized carbons (Fsp3) is 0.105. The maximum absolute atomic E-state index is 11.8. The minimum Gasteiger partial charge on any atom is -0.345 e. The monoisotopic (exact) mass is 353 g/mol. The number of aromatic amines is 1. The summed E-state index contributed by atoms with van der Waals surface area (Å²) in [6.45, 7) is 1.61. The summed E-state index contributed by atoms with van der Waals surface area (Å²) >= 11 is 0. The van der Waals surface area contributed by atoms with E-state index in [1.54, 1.807) is 25.5 Å². The van der Waals surface area contributed by atoms with Crippen LogP contribution in [0, 0.1) is 0 Å². The predicted molar refractivity (Wildman–Crippen MR) is 102 cm³/mol. The molecular weight excluding hydrogens is 334 g/mol. The lowest BCUT2D eigenvalue weighted by Gasteiger charge is -2.10. The van der Waals surface area contributed by atoms with Crippen molar-refractivity contribution < 1.29 is 8.42 Å². The van der Waals surface area contributed by atoms with Crippen LogP contribution in [0.15, 0.2) is 67.1 Å². The van der Waals surface area contributed by atoms with Gasteiger partial charge in [-0.3, -0.25) is 4.72 Å². The van der Waals surface area contributed by atoms with Crippen LogP contribution >= 0.6 is 0 Å². The summed E-state index contributed by atoms with van der Waals surface area (Å²) in [5, 5.41) is 0. The second-order valence-electron chi connectivity index (χ2n) is 5.52. The van der Waals surface area contributed by atoms with Crippen LogP contribution in [0.4, 0.5) is 5.69 Å². The summed E-state index contributed by atoms with van der Waals surface area (Å²) < 4.78 is 26.2. The minimum atomic E-state index is -3.32. The Morgan fingerprint density at radius 1 is 1.16 bits per heavy atom. The zero-order chi connectivity index (χ0) is 17.7. The van der Waals surface area contributed by atoms with Crippen LogP contribution in [-0.2, 0) is 10.0 Å². The molecule has 0 saturated heterocycles. The molecule has 1 aromatic heterocycles. The molecule has 0 aliphatic carbocycles. The first-order chi connectivity index (χ1) is 12.1. The van der Waals surface area contributed by atoms with Crippen molar-refractivity contribution in [1.29, 1.82) is 0 Å². The van der Waals surface area contributed by atoms with Gasteiger partial charge in [0.05, 0.1) is 24.0 Å². The summed E-state index contributed by atoms with van der Waals surface area (Å²) in [7, 11) is -3.32. The molecule has 25 heavy (non-hydrogen) atoms. The second kappa shape index (κ2) is 7.36. The highest BCUT2D eigenvalue weighted by Gasteiger charge is 2.11.